The molecule has 2 aromatic heterocycles. The molecule has 0 fully saturated rings. The van der Waals surface area contributed by atoms with Crippen molar-refractivity contribution in [3.05, 3.63) is 40.3 Å². The zero-order valence-electron chi connectivity index (χ0n) is 13.7. The lowest BCUT2D eigenvalue weighted by atomic mass is 10.1. The number of carbonyl (C=O) groups excluding carboxylic acids is 1. The van der Waals surface area contributed by atoms with Crippen LogP contribution in [0.15, 0.2) is 29.9 Å². The summed E-state index contributed by atoms with van der Waals surface area (Å²) in [5.74, 6) is 0.244. The molecule has 124 valence electrons. The number of fused-ring (bicyclic) bond motifs is 1. The summed E-state index contributed by atoms with van der Waals surface area (Å²) in [7, 11) is 0. The third-order valence-electron chi connectivity index (χ3n) is 4.63. The van der Waals surface area contributed by atoms with Crippen molar-refractivity contribution in [2.24, 2.45) is 0 Å². The molecule has 6 heteroatoms. The lowest BCUT2D eigenvalue weighted by Crippen LogP contribution is -2.39. The molecule has 0 unspecified atom stereocenters. The van der Waals surface area contributed by atoms with Crippen molar-refractivity contribution >= 4 is 17.2 Å². The van der Waals surface area contributed by atoms with Crippen LogP contribution in [0.1, 0.15) is 36.8 Å². The van der Waals surface area contributed by atoms with Crippen LogP contribution in [-0.4, -0.2) is 39.7 Å². The van der Waals surface area contributed by atoms with Crippen molar-refractivity contribution in [3.63, 3.8) is 0 Å². The fraction of sp³-hybridized carbons (Fsp3) is 0.529. The molecule has 3 heterocycles. The number of carbonyl (C=O) groups is 1. The van der Waals surface area contributed by atoms with Crippen molar-refractivity contribution in [1.29, 1.82) is 0 Å². The third kappa shape index (κ3) is 3.82. The first-order chi connectivity index (χ1) is 11.1. The summed E-state index contributed by atoms with van der Waals surface area (Å²) in [5, 5.41) is 9.84. The van der Waals surface area contributed by atoms with Crippen LogP contribution in [0.25, 0.3) is 0 Å². The molecule has 0 aromatic carbocycles. The number of thiophene rings is 1. The second kappa shape index (κ2) is 7.27. The number of hydrogen-bond donors (Lipinski definition) is 1. The molecule has 23 heavy (non-hydrogen) atoms. The van der Waals surface area contributed by atoms with E-state index in [-0.39, 0.29) is 18.0 Å². The Morgan fingerprint density at radius 1 is 1.48 bits per heavy atom. The van der Waals surface area contributed by atoms with Gasteiger partial charge in [-0.25, -0.2) is 0 Å². The van der Waals surface area contributed by atoms with E-state index in [1.165, 1.54) is 10.4 Å². The van der Waals surface area contributed by atoms with Crippen molar-refractivity contribution in [1.82, 2.24) is 20.0 Å². The standard InChI is InChI=1S/C17H24N4OS/c1-13(14(2)21-9-3-7-19-21)18-8-4-17(22)20-10-5-16-15(12-20)6-11-23-16/h3,6-7,9,11,13-14,18H,4-5,8,10,12H2,1-2H3/t13-,14+/m0/s1. The van der Waals surface area contributed by atoms with Gasteiger partial charge in [-0.2, -0.15) is 5.10 Å². The predicted molar refractivity (Wildman–Crippen MR) is 92.5 cm³/mol. The van der Waals surface area contributed by atoms with E-state index in [4.69, 9.17) is 0 Å². The molecule has 2 atom stereocenters. The van der Waals surface area contributed by atoms with Gasteiger partial charge in [0, 0.05) is 49.4 Å². The minimum atomic E-state index is 0.244. The molecule has 2 aromatic rings. The van der Waals surface area contributed by atoms with E-state index in [1.54, 1.807) is 17.5 Å². The summed E-state index contributed by atoms with van der Waals surface area (Å²) in [6.45, 7) is 6.60. The van der Waals surface area contributed by atoms with Crippen LogP contribution in [0.5, 0.6) is 0 Å². The molecule has 0 saturated carbocycles. The second-order valence-corrected chi connectivity index (χ2v) is 7.15. The van der Waals surface area contributed by atoms with Gasteiger partial charge in [-0.3, -0.25) is 9.48 Å². The predicted octanol–water partition coefficient (Wildman–Crippen LogP) is 2.46. The normalized spacial score (nSPS) is 16.9. The minimum absolute atomic E-state index is 0.244. The lowest BCUT2D eigenvalue weighted by molar-refractivity contribution is -0.132. The molecule has 5 nitrogen and oxygen atoms in total. The van der Waals surface area contributed by atoms with Crippen molar-refractivity contribution in [3.8, 4) is 0 Å². The van der Waals surface area contributed by atoms with E-state index >= 15 is 0 Å². The highest BCUT2D eigenvalue weighted by atomic mass is 32.1. The van der Waals surface area contributed by atoms with Gasteiger partial charge in [0.05, 0.1) is 6.04 Å². The number of amides is 1. The third-order valence-corrected chi connectivity index (χ3v) is 5.65. The SMILES string of the molecule is C[C@H](NCCC(=O)N1CCc2sccc2C1)[C@@H](C)n1cccn1. The number of nitrogens with zero attached hydrogens (tertiary/aromatic N) is 3. The lowest BCUT2D eigenvalue weighted by Gasteiger charge is -2.27. The molecule has 3 rings (SSSR count). The maximum atomic E-state index is 12.4. The quantitative estimate of drug-likeness (QED) is 0.884. The maximum Gasteiger partial charge on any atom is 0.224 e. The van der Waals surface area contributed by atoms with Crippen LogP contribution in [-0.2, 0) is 17.8 Å². The van der Waals surface area contributed by atoms with E-state index in [9.17, 15) is 4.79 Å². The van der Waals surface area contributed by atoms with Crippen LogP contribution in [0, 0.1) is 0 Å². The van der Waals surface area contributed by atoms with Crippen LogP contribution >= 0.6 is 11.3 Å². The van der Waals surface area contributed by atoms with Gasteiger partial charge in [-0.1, -0.05) is 0 Å². The van der Waals surface area contributed by atoms with E-state index in [0.717, 1.165) is 19.5 Å². The van der Waals surface area contributed by atoms with Crippen LogP contribution in [0.2, 0.25) is 0 Å². The van der Waals surface area contributed by atoms with Crippen LogP contribution < -0.4 is 5.32 Å². The Morgan fingerprint density at radius 2 is 2.35 bits per heavy atom. The zero-order valence-corrected chi connectivity index (χ0v) is 14.6. The molecule has 1 N–H and O–H groups in total. The highest BCUT2D eigenvalue weighted by Crippen LogP contribution is 2.24. The Morgan fingerprint density at radius 3 is 3.13 bits per heavy atom. The first-order valence-electron chi connectivity index (χ1n) is 8.20. The molecule has 0 saturated heterocycles. The van der Waals surface area contributed by atoms with Crippen LogP contribution in [0.3, 0.4) is 0 Å². The summed E-state index contributed by atoms with van der Waals surface area (Å²) in [4.78, 5) is 15.8. The van der Waals surface area contributed by atoms with Gasteiger partial charge in [0.1, 0.15) is 0 Å². The number of aromatic nitrogens is 2. The van der Waals surface area contributed by atoms with Crippen molar-refractivity contribution in [2.45, 2.75) is 45.3 Å². The Hall–Kier alpha value is -1.66. The Kier molecular flexibility index (Phi) is 5.13. The van der Waals surface area contributed by atoms with Gasteiger partial charge in [0.15, 0.2) is 0 Å². The van der Waals surface area contributed by atoms with E-state index < -0.39 is 0 Å². The number of rotatable bonds is 6. The fourth-order valence-electron chi connectivity index (χ4n) is 2.95. The van der Waals surface area contributed by atoms with E-state index in [0.29, 0.717) is 13.0 Å². The molecular weight excluding hydrogens is 308 g/mol. The summed E-state index contributed by atoms with van der Waals surface area (Å²) >= 11 is 1.80. The average Bonchev–Trinajstić information content (AvgIpc) is 3.24. The summed E-state index contributed by atoms with van der Waals surface area (Å²) in [6.07, 6.45) is 5.32. The fourth-order valence-corrected chi connectivity index (χ4v) is 3.84. The highest BCUT2D eigenvalue weighted by molar-refractivity contribution is 7.10. The molecule has 1 amide bonds. The smallest absolute Gasteiger partial charge is 0.224 e. The first-order valence-corrected chi connectivity index (χ1v) is 9.08. The summed E-state index contributed by atoms with van der Waals surface area (Å²) in [6, 6.07) is 4.61. The molecule has 0 bridgehead atoms. The largest absolute Gasteiger partial charge is 0.338 e. The number of nitrogens with one attached hydrogen (secondary N) is 1. The topological polar surface area (TPSA) is 50.2 Å². The van der Waals surface area contributed by atoms with Crippen molar-refractivity contribution < 1.29 is 4.79 Å². The molecule has 1 aliphatic rings. The van der Waals surface area contributed by atoms with E-state index in [2.05, 4.69) is 35.7 Å². The van der Waals surface area contributed by atoms with Gasteiger partial charge >= 0.3 is 0 Å². The molecular formula is C17H24N4OS. The molecule has 0 aliphatic carbocycles. The van der Waals surface area contributed by atoms with Gasteiger partial charge in [0.2, 0.25) is 5.91 Å². The Bertz CT molecular complexity index is 637. The first kappa shape index (κ1) is 16.2. The summed E-state index contributed by atoms with van der Waals surface area (Å²) in [5.41, 5.74) is 1.32. The zero-order chi connectivity index (χ0) is 16.2. The second-order valence-electron chi connectivity index (χ2n) is 6.15. The van der Waals surface area contributed by atoms with Gasteiger partial charge in [-0.15, -0.1) is 11.3 Å². The Balaban J connectivity index is 1.43. The average molecular weight is 332 g/mol. The maximum absolute atomic E-state index is 12.4. The van der Waals surface area contributed by atoms with Gasteiger partial charge in [-0.05, 0) is 43.3 Å². The molecule has 1 aliphatic heterocycles. The summed E-state index contributed by atoms with van der Waals surface area (Å²) < 4.78 is 1.95. The van der Waals surface area contributed by atoms with Crippen molar-refractivity contribution in [2.75, 3.05) is 13.1 Å². The molecule has 0 radical (unpaired) electrons. The molecule has 0 spiro atoms. The highest BCUT2D eigenvalue weighted by Gasteiger charge is 2.21. The monoisotopic (exact) mass is 332 g/mol. The Labute approximate surface area is 141 Å². The van der Waals surface area contributed by atoms with Gasteiger partial charge in [0.25, 0.3) is 0 Å². The van der Waals surface area contributed by atoms with Crippen LogP contribution in [0.4, 0.5) is 0 Å². The minimum Gasteiger partial charge on any atom is -0.338 e. The number of hydrogen-bond acceptors (Lipinski definition) is 4. The van der Waals surface area contributed by atoms with Gasteiger partial charge < -0.3 is 10.2 Å². The van der Waals surface area contributed by atoms with E-state index in [1.807, 2.05) is 21.8 Å².